The maximum Gasteiger partial charge on any atom is 0.237 e. The summed E-state index contributed by atoms with van der Waals surface area (Å²) >= 11 is 0. The first kappa shape index (κ1) is 13.0. The molecule has 3 N–H and O–H groups in total. The van der Waals surface area contributed by atoms with Crippen LogP contribution in [0.1, 0.15) is 25.3 Å². The summed E-state index contributed by atoms with van der Waals surface area (Å²) in [5, 5.41) is 3.02. The minimum atomic E-state index is -0.439. The molecule has 0 aliphatic heterocycles. The zero-order valence-electron chi connectivity index (χ0n) is 9.27. The van der Waals surface area contributed by atoms with E-state index in [1.165, 1.54) is 5.56 Å². The first-order chi connectivity index (χ1) is 7.14. The third-order valence-corrected chi connectivity index (χ3v) is 2.85. The molecule has 0 aromatic heterocycles. The Hall–Kier alpha value is -1.06. The fraction of sp³-hybridized carbons (Fsp3) is 0.417. The van der Waals surface area contributed by atoms with Gasteiger partial charge in [0.15, 0.2) is 0 Å². The normalized spacial score (nSPS) is 18.1. The molecule has 1 saturated carbocycles. The lowest BCUT2D eigenvalue weighted by Gasteiger charge is -2.19. The Kier molecular flexibility index (Phi) is 3.94. The van der Waals surface area contributed by atoms with Crippen molar-refractivity contribution in [1.29, 1.82) is 0 Å². The van der Waals surface area contributed by atoms with Crippen LogP contribution in [-0.2, 0) is 10.3 Å². The summed E-state index contributed by atoms with van der Waals surface area (Å²) in [5.41, 5.74) is 6.58. The molecule has 0 spiro atoms. The van der Waals surface area contributed by atoms with Gasteiger partial charge in [0.25, 0.3) is 0 Å². The Morgan fingerprint density at radius 1 is 1.38 bits per heavy atom. The van der Waals surface area contributed by atoms with Crippen molar-refractivity contribution >= 4 is 18.3 Å². The van der Waals surface area contributed by atoms with Crippen molar-refractivity contribution in [2.75, 3.05) is 0 Å². The summed E-state index contributed by atoms with van der Waals surface area (Å²) < 4.78 is 0. The van der Waals surface area contributed by atoms with Crippen molar-refractivity contribution in [3.05, 3.63) is 35.9 Å². The average molecular weight is 241 g/mol. The van der Waals surface area contributed by atoms with Crippen LogP contribution in [-0.4, -0.2) is 11.9 Å². The molecule has 1 aromatic rings. The van der Waals surface area contributed by atoms with Crippen LogP contribution >= 0.6 is 12.4 Å². The van der Waals surface area contributed by atoms with Crippen LogP contribution in [0.3, 0.4) is 0 Å². The first-order valence-electron chi connectivity index (χ1n) is 5.27. The third kappa shape index (κ3) is 2.54. The molecule has 1 amide bonds. The smallest absolute Gasteiger partial charge is 0.237 e. The summed E-state index contributed by atoms with van der Waals surface area (Å²) in [5.74, 6) is -0.0728. The molecular weight excluding hydrogens is 224 g/mol. The van der Waals surface area contributed by atoms with Crippen molar-refractivity contribution in [2.24, 2.45) is 5.73 Å². The SMILES string of the molecule is C[C@H](N)C(=O)NC1(c2ccccc2)CC1.Cl. The van der Waals surface area contributed by atoms with Gasteiger partial charge in [-0.3, -0.25) is 4.79 Å². The summed E-state index contributed by atoms with van der Waals surface area (Å²) in [7, 11) is 0. The summed E-state index contributed by atoms with van der Waals surface area (Å²) in [4.78, 5) is 11.5. The molecule has 2 rings (SSSR count). The van der Waals surface area contributed by atoms with Gasteiger partial charge in [-0.2, -0.15) is 0 Å². The highest BCUT2D eigenvalue weighted by Gasteiger charge is 2.45. The van der Waals surface area contributed by atoms with E-state index in [2.05, 4.69) is 17.4 Å². The van der Waals surface area contributed by atoms with E-state index < -0.39 is 6.04 Å². The molecular formula is C12H17ClN2O. The Bertz CT molecular complexity index is 361. The molecule has 0 saturated heterocycles. The fourth-order valence-electron chi connectivity index (χ4n) is 1.72. The fourth-order valence-corrected chi connectivity index (χ4v) is 1.72. The maximum absolute atomic E-state index is 11.5. The van der Waals surface area contributed by atoms with Crippen molar-refractivity contribution in [3.63, 3.8) is 0 Å². The highest BCUT2D eigenvalue weighted by molar-refractivity contribution is 5.85. The van der Waals surface area contributed by atoms with Gasteiger partial charge in [0.2, 0.25) is 5.91 Å². The van der Waals surface area contributed by atoms with E-state index in [0.29, 0.717) is 0 Å². The monoisotopic (exact) mass is 240 g/mol. The maximum atomic E-state index is 11.5. The minimum Gasteiger partial charge on any atom is -0.345 e. The lowest BCUT2D eigenvalue weighted by atomic mass is 10.0. The molecule has 1 fully saturated rings. The van der Waals surface area contributed by atoms with Gasteiger partial charge >= 0.3 is 0 Å². The Balaban J connectivity index is 0.00000128. The molecule has 1 aromatic carbocycles. The van der Waals surface area contributed by atoms with E-state index in [9.17, 15) is 4.79 Å². The average Bonchev–Trinajstić information content (AvgIpc) is 3.00. The van der Waals surface area contributed by atoms with Gasteiger partial charge in [0.05, 0.1) is 11.6 Å². The quantitative estimate of drug-likeness (QED) is 0.843. The van der Waals surface area contributed by atoms with E-state index in [1.54, 1.807) is 6.92 Å². The molecule has 1 aliphatic carbocycles. The number of halogens is 1. The Morgan fingerprint density at radius 2 is 1.94 bits per heavy atom. The molecule has 1 atom stereocenters. The van der Waals surface area contributed by atoms with E-state index >= 15 is 0 Å². The molecule has 3 nitrogen and oxygen atoms in total. The summed E-state index contributed by atoms with van der Waals surface area (Å²) in [6.45, 7) is 1.70. The number of carbonyl (C=O) groups excluding carboxylic acids is 1. The number of carbonyl (C=O) groups is 1. The standard InChI is InChI=1S/C12H16N2O.ClH/c1-9(13)11(15)14-12(7-8-12)10-5-3-2-4-6-10;/h2-6,9H,7-8,13H2,1H3,(H,14,15);1H/t9-;/m0./s1. The van der Waals surface area contributed by atoms with Crippen molar-refractivity contribution in [1.82, 2.24) is 5.32 Å². The zero-order chi connectivity index (χ0) is 10.9. The number of amides is 1. The molecule has 0 heterocycles. The second-order valence-corrected chi connectivity index (χ2v) is 4.23. The van der Waals surface area contributed by atoms with Crippen LogP contribution in [0, 0.1) is 0 Å². The van der Waals surface area contributed by atoms with E-state index in [1.807, 2.05) is 18.2 Å². The van der Waals surface area contributed by atoms with Gasteiger partial charge in [-0.1, -0.05) is 30.3 Å². The Labute approximate surface area is 102 Å². The third-order valence-electron chi connectivity index (χ3n) is 2.85. The highest BCUT2D eigenvalue weighted by Crippen LogP contribution is 2.45. The number of hydrogen-bond acceptors (Lipinski definition) is 2. The molecule has 0 radical (unpaired) electrons. The number of benzene rings is 1. The lowest BCUT2D eigenvalue weighted by molar-refractivity contribution is -0.123. The van der Waals surface area contributed by atoms with E-state index in [0.717, 1.165) is 12.8 Å². The van der Waals surface area contributed by atoms with Crippen molar-refractivity contribution in [2.45, 2.75) is 31.3 Å². The first-order valence-corrected chi connectivity index (χ1v) is 5.27. The second-order valence-electron chi connectivity index (χ2n) is 4.23. The largest absolute Gasteiger partial charge is 0.345 e. The summed E-state index contributed by atoms with van der Waals surface area (Å²) in [6, 6.07) is 9.63. The van der Waals surface area contributed by atoms with Crippen molar-refractivity contribution in [3.8, 4) is 0 Å². The van der Waals surface area contributed by atoms with Gasteiger partial charge in [-0.05, 0) is 25.3 Å². The number of nitrogens with one attached hydrogen (secondary N) is 1. The van der Waals surface area contributed by atoms with Gasteiger partial charge in [0, 0.05) is 0 Å². The molecule has 1 aliphatic rings. The van der Waals surface area contributed by atoms with E-state index in [4.69, 9.17) is 5.73 Å². The molecule has 16 heavy (non-hydrogen) atoms. The molecule has 4 heteroatoms. The Morgan fingerprint density at radius 3 is 2.38 bits per heavy atom. The van der Waals surface area contributed by atoms with Gasteiger partial charge in [0.1, 0.15) is 0 Å². The van der Waals surface area contributed by atoms with Gasteiger partial charge in [-0.15, -0.1) is 12.4 Å². The van der Waals surface area contributed by atoms with Crippen LogP contribution in [0.25, 0.3) is 0 Å². The highest BCUT2D eigenvalue weighted by atomic mass is 35.5. The van der Waals surface area contributed by atoms with Crippen LogP contribution in [0.2, 0.25) is 0 Å². The molecule has 0 unspecified atom stereocenters. The van der Waals surface area contributed by atoms with Crippen LogP contribution in [0.4, 0.5) is 0 Å². The van der Waals surface area contributed by atoms with Crippen LogP contribution in [0.5, 0.6) is 0 Å². The molecule has 0 bridgehead atoms. The topological polar surface area (TPSA) is 55.1 Å². The van der Waals surface area contributed by atoms with Crippen LogP contribution in [0.15, 0.2) is 30.3 Å². The van der Waals surface area contributed by atoms with Gasteiger partial charge in [-0.25, -0.2) is 0 Å². The minimum absolute atomic E-state index is 0. The number of hydrogen-bond donors (Lipinski definition) is 2. The zero-order valence-corrected chi connectivity index (χ0v) is 10.1. The van der Waals surface area contributed by atoms with E-state index in [-0.39, 0.29) is 23.9 Å². The molecule has 88 valence electrons. The second kappa shape index (κ2) is 4.85. The van der Waals surface area contributed by atoms with Gasteiger partial charge < -0.3 is 11.1 Å². The summed E-state index contributed by atoms with van der Waals surface area (Å²) in [6.07, 6.45) is 2.02. The lowest BCUT2D eigenvalue weighted by Crippen LogP contribution is -2.43. The van der Waals surface area contributed by atoms with Crippen molar-refractivity contribution < 1.29 is 4.79 Å². The number of nitrogens with two attached hydrogens (primary N) is 1. The predicted molar refractivity (Wildman–Crippen MR) is 66.4 cm³/mol. The number of rotatable bonds is 3. The predicted octanol–water partition coefficient (Wildman–Crippen LogP) is 1.56. The van der Waals surface area contributed by atoms with Crippen LogP contribution < -0.4 is 11.1 Å².